The summed E-state index contributed by atoms with van der Waals surface area (Å²) < 4.78 is 10.3. The fourth-order valence-electron chi connectivity index (χ4n) is 2.02. The number of carbonyl (C=O) groups is 2. The molecule has 5 nitrogen and oxygen atoms in total. The smallest absolute Gasteiger partial charge is 0.228 e. The van der Waals surface area contributed by atoms with Crippen molar-refractivity contribution in [3.05, 3.63) is 53.6 Å². The quantitative estimate of drug-likeness (QED) is 0.833. The van der Waals surface area contributed by atoms with Crippen LogP contribution in [0.15, 0.2) is 42.5 Å². The van der Waals surface area contributed by atoms with E-state index in [2.05, 4.69) is 5.32 Å². The first kappa shape index (κ1) is 15.6. The summed E-state index contributed by atoms with van der Waals surface area (Å²) in [6.07, 6.45) is 0.942. The molecule has 0 unspecified atom stereocenters. The number of rotatable bonds is 6. The summed E-state index contributed by atoms with van der Waals surface area (Å²) in [5, 5.41) is 2.76. The van der Waals surface area contributed by atoms with Crippen molar-refractivity contribution >= 4 is 17.9 Å². The summed E-state index contributed by atoms with van der Waals surface area (Å²) in [6, 6.07) is 12.1. The Hall–Kier alpha value is -2.82. The number of amides is 1. The molecule has 22 heavy (non-hydrogen) atoms. The van der Waals surface area contributed by atoms with Crippen LogP contribution in [-0.2, 0) is 11.2 Å². The fraction of sp³-hybridized carbons (Fsp3) is 0.176. The maximum absolute atomic E-state index is 12.1. The lowest BCUT2D eigenvalue weighted by Crippen LogP contribution is -2.15. The zero-order valence-corrected chi connectivity index (χ0v) is 12.5. The second-order valence-corrected chi connectivity index (χ2v) is 4.65. The van der Waals surface area contributed by atoms with Crippen molar-refractivity contribution in [1.82, 2.24) is 0 Å². The molecule has 5 heteroatoms. The molecule has 0 aliphatic rings. The maximum atomic E-state index is 12.1. The molecule has 2 aromatic rings. The molecule has 0 atom stereocenters. The van der Waals surface area contributed by atoms with Crippen LogP contribution in [0.5, 0.6) is 11.5 Å². The molecule has 0 aromatic heterocycles. The predicted octanol–water partition coefficient (Wildman–Crippen LogP) is 2.70. The Morgan fingerprint density at radius 2 is 1.82 bits per heavy atom. The van der Waals surface area contributed by atoms with Gasteiger partial charge in [-0.15, -0.1) is 0 Å². The van der Waals surface area contributed by atoms with Crippen molar-refractivity contribution in [3.8, 4) is 11.5 Å². The highest BCUT2D eigenvalue weighted by Crippen LogP contribution is 2.25. The normalized spacial score (nSPS) is 9.91. The number of hydrogen-bond acceptors (Lipinski definition) is 4. The topological polar surface area (TPSA) is 64.6 Å². The molecule has 0 fully saturated rings. The lowest BCUT2D eigenvalue weighted by Gasteiger charge is -2.11. The van der Waals surface area contributed by atoms with E-state index < -0.39 is 0 Å². The third-order valence-electron chi connectivity index (χ3n) is 3.16. The summed E-state index contributed by atoms with van der Waals surface area (Å²) in [5.74, 6) is 1.06. The van der Waals surface area contributed by atoms with E-state index in [1.54, 1.807) is 37.4 Å². The molecule has 0 radical (unpaired) electrons. The summed E-state index contributed by atoms with van der Waals surface area (Å²) in [5.41, 5.74) is 1.81. The molecule has 0 bridgehead atoms. The molecule has 2 aromatic carbocycles. The van der Waals surface area contributed by atoms with Crippen LogP contribution in [0, 0.1) is 0 Å². The molecule has 0 saturated carbocycles. The number of benzene rings is 2. The molecule has 0 saturated heterocycles. The van der Waals surface area contributed by atoms with Crippen molar-refractivity contribution in [2.45, 2.75) is 6.42 Å². The van der Waals surface area contributed by atoms with Crippen LogP contribution >= 0.6 is 0 Å². The first-order valence-corrected chi connectivity index (χ1v) is 6.72. The van der Waals surface area contributed by atoms with E-state index in [-0.39, 0.29) is 12.3 Å². The van der Waals surface area contributed by atoms with Gasteiger partial charge in [-0.2, -0.15) is 0 Å². The van der Waals surface area contributed by atoms with Crippen molar-refractivity contribution in [3.63, 3.8) is 0 Å². The third kappa shape index (κ3) is 3.85. The molecule has 1 amide bonds. The van der Waals surface area contributed by atoms with E-state index >= 15 is 0 Å². The van der Waals surface area contributed by atoms with Crippen LogP contribution in [0.2, 0.25) is 0 Å². The number of aldehydes is 1. The molecule has 2 rings (SSSR count). The highest BCUT2D eigenvalue weighted by atomic mass is 16.5. The molecule has 1 N–H and O–H groups in total. The Labute approximate surface area is 128 Å². The van der Waals surface area contributed by atoms with E-state index in [4.69, 9.17) is 9.47 Å². The Morgan fingerprint density at radius 3 is 2.41 bits per heavy atom. The molecule has 0 aliphatic carbocycles. The van der Waals surface area contributed by atoms with Crippen molar-refractivity contribution in [1.29, 1.82) is 0 Å². The molecular weight excluding hydrogens is 282 g/mol. The van der Waals surface area contributed by atoms with Crippen LogP contribution in [0.1, 0.15) is 15.9 Å². The summed E-state index contributed by atoms with van der Waals surface area (Å²) in [4.78, 5) is 22.9. The van der Waals surface area contributed by atoms with Crippen LogP contribution in [-0.4, -0.2) is 26.4 Å². The average Bonchev–Trinajstić information content (AvgIpc) is 2.55. The minimum Gasteiger partial charge on any atom is -0.497 e. The summed E-state index contributed by atoms with van der Waals surface area (Å²) in [6.45, 7) is 0. The Morgan fingerprint density at radius 1 is 1.09 bits per heavy atom. The van der Waals surface area contributed by atoms with Crippen LogP contribution in [0.25, 0.3) is 0 Å². The second-order valence-electron chi connectivity index (χ2n) is 4.65. The number of nitrogens with one attached hydrogen (secondary N) is 1. The van der Waals surface area contributed by atoms with E-state index in [1.165, 1.54) is 7.11 Å². The zero-order chi connectivity index (χ0) is 15.9. The summed E-state index contributed by atoms with van der Waals surface area (Å²) >= 11 is 0. The third-order valence-corrected chi connectivity index (χ3v) is 3.16. The van der Waals surface area contributed by atoms with Gasteiger partial charge in [0.05, 0.1) is 26.3 Å². The number of carbonyl (C=O) groups excluding carboxylic acids is 2. The first-order valence-electron chi connectivity index (χ1n) is 6.72. The standard InChI is InChI=1S/C17H17NO4/c1-21-14-6-3-12(4-7-14)10-17(20)18-15-9-13(11-19)5-8-16(15)22-2/h3-9,11H,10H2,1-2H3,(H,18,20). The number of hydrogen-bond donors (Lipinski definition) is 1. The van der Waals surface area contributed by atoms with Gasteiger partial charge in [-0.25, -0.2) is 0 Å². The Balaban J connectivity index is 2.09. The molecule has 0 aliphatic heterocycles. The predicted molar refractivity (Wildman–Crippen MR) is 83.7 cm³/mol. The van der Waals surface area contributed by atoms with Gasteiger partial charge >= 0.3 is 0 Å². The number of methoxy groups -OCH3 is 2. The number of ether oxygens (including phenoxy) is 2. The Kier molecular flexibility index (Phi) is 5.14. The van der Waals surface area contributed by atoms with Gasteiger partial charge in [0.1, 0.15) is 17.8 Å². The fourth-order valence-corrected chi connectivity index (χ4v) is 2.02. The van der Waals surface area contributed by atoms with E-state index in [9.17, 15) is 9.59 Å². The van der Waals surface area contributed by atoms with E-state index in [0.29, 0.717) is 17.0 Å². The molecular formula is C17H17NO4. The largest absolute Gasteiger partial charge is 0.497 e. The highest BCUT2D eigenvalue weighted by Gasteiger charge is 2.09. The second kappa shape index (κ2) is 7.26. The van der Waals surface area contributed by atoms with E-state index in [1.807, 2.05) is 12.1 Å². The van der Waals surface area contributed by atoms with Crippen molar-refractivity contribution < 1.29 is 19.1 Å². The van der Waals surface area contributed by atoms with Crippen molar-refractivity contribution in [2.24, 2.45) is 0 Å². The van der Waals surface area contributed by atoms with Crippen LogP contribution in [0.3, 0.4) is 0 Å². The lowest BCUT2D eigenvalue weighted by molar-refractivity contribution is -0.115. The van der Waals surface area contributed by atoms with Crippen LogP contribution < -0.4 is 14.8 Å². The maximum Gasteiger partial charge on any atom is 0.228 e. The van der Waals surface area contributed by atoms with Crippen molar-refractivity contribution in [2.75, 3.05) is 19.5 Å². The minimum atomic E-state index is -0.188. The molecule has 0 heterocycles. The van der Waals surface area contributed by atoms with Gasteiger partial charge in [0, 0.05) is 5.56 Å². The van der Waals surface area contributed by atoms with Crippen LogP contribution in [0.4, 0.5) is 5.69 Å². The van der Waals surface area contributed by atoms with Gasteiger partial charge in [0.15, 0.2) is 0 Å². The van der Waals surface area contributed by atoms with Gasteiger partial charge in [-0.05, 0) is 35.9 Å². The van der Waals surface area contributed by atoms with Gasteiger partial charge in [-0.1, -0.05) is 12.1 Å². The highest BCUT2D eigenvalue weighted by molar-refractivity contribution is 5.94. The van der Waals surface area contributed by atoms with Gasteiger partial charge in [-0.3, -0.25) is 9.59 Å². The summed E-state index contributed by atoms with van der Waals surface area (Å²) in [7, 11) is 3.10. The van der Waals surface area contributed by atoms with Gasteiger partial charge in [0.25, 0.3) is 0 Å². The molecule has 114 valence electrons. The monoisotopic (exact) mass is 299 g/mol. The minimum absolute atomic E-state index is 0.188. The molecule has 0 spiro atoms. The lowest BCUT2D eigenvalue weighted by atomic mass is 10.1. The van der Waals surface area contributed by atoms with Gasteiger partial charge in [0.2, 0.25) is 5.91 Å². The van der Waals surface area contributed by atoms with Gasteiger partial charge < -0.3 is 14.8 Å². The SMILES string of the molecule is COc1ccc(CC(=O)Nc2cc(C=O)ccc2OC)cc1. The first-order chi connectivity index (χ1) is 10.7. The number of anilines is 1. The van der Waals surface area contributed by atoms with E-state index in [0.717, 1.165) is 17.6 Å². The average molecular weight is 299 g/mol. The Bertz CT molecular complexity index is 665. The zero-order valence-electron chi connectivity index (χ0n) is 12.5.